The number of nitrogens with two attached hydrogens (primary N) is 1. The second-order valence-corrected chi connectivity index (χ2v) is 6.64. The number of benzene rings is 1. The average molecular weight is 247 g/mol. The van der Waals surface area contributed by atoms with Crippen molar-refractivity contribution in [3.05, 3.63) is 29.8 Å². The highest BCUT2D eigenvalue weighted by Crippen LogP contribution is 2.44. The van der Waals surface area contributed by atoms with Crippen LogP contribution in [0, 0.1) is 5.92 Å². The molecular weight excluding hydrogens is 226 g/mol. The molecule has 92 valence electrons. The van der Waals surface area contributed by atoms with E-state index < -0.39 is 0 Å². The summed E-state index contributed by atoms with van der Waals surface area (Å²) >= 11 is 2.03. The van der Waals surface area contributed by atoms with Gasteiger partial charge in [-0.05, 0) is 42.7 Å². The van der Waals surface area contributed by atoms with Gasteiger partial charge in [-0.25, -0.2) is 0 Å². The van der Waals surface area contributed by atoms with Crippen molar-refractivity contribution in [1.29, 1.82) is 0 Å². The van der Waals surface area contributed by atoms with Crippen molar-refractivity contribution in [3.63, 3.8) is 0 Å². The highest BCUT2D eigenvalue weighted by Gasteiger charge is 2.27. The molecule has 3 rings (SSSR count). The topological polar surface area (TPSA) is 26.0 Å². The first kappa shape index (κ1) is 11.6. The average Bonchev–Trinajstić information content (AvgIpc) is 2.73. The quantitative estimate of drug-likeness (QED) is 0.860. The Kier molecular flexibility index (Phi) is 3.44. The van der Waals surface area contributed by atoms with Crippen molar-refractivity contribution in [3.8, 4) is 0 Å². The van der Waals surface area contributed by atoms with Crippen LogP contribution in [0.3, 0.4) is 0 Å². The molecule has 1 aliphatic carbocycles. The van der Waals surface area contributed by atoms with Gasteiger partial charge in [-0.2, -0.15) is 0 Å². The normalized spacial score (nSPS) is 32.4. The van der Waals surface area contributed by atoms with E-state index in [4.69, 9.17) is 5.73 Å². The fourth-order valence-corrected chi connectivity index (χ4v) is 4.65. The highest BCUT2D eigenvalue weighted by atomic mass is 32.2. The summed E-state index contributed by atoms with van der Waals surface area (Å²) in [4.78, 5) is 1.51. The summed E-state index contributed by atoms with van der Waals surface area (Å²) in [7, 11) is 0. The number of hydrogen-bond donors (Lipinski definition) is 1. The first-order chi connectivity index (χ1) is 8.33. The zero-order valence-corrected chi connectivity index (χ0v) is 11.1. The van der Waals surface area contributed by atoms with Crippen LogP contribution in [0.15, 0.2) is 29.2 Å². The van der Waals surface area contributed by atoms with Crippen LogP contribution in [0.4, 0.5) is 0 Å². The molecule has 17 heavy (non-hydrogen) atoms. The van der Waals surface area contributed by atoms with Gasteiger partial charge in [-0.1, -0.05) is 31.0 Å². The minimum absolute atomic E-state index is 0.470. The molecular formula is C15H21NS. The third-order valence-electron chi connectivity index (χ3n) is 4.24. The predicted octanol–water partition coefficient (Wildman–Crippen LogP) is 3.78. The van der Waals surface area contributed by atoms with Crippen LogP contribution in [0.5, 0.6) is 0 Å². The van der Waals surface area contributed by atoms with E-state index in [1.807, 2.05) is 11.8 Å². The van der Waals surface area contributed by atoms with Gasteiger partial charge in [0, 0.05) is 16.7 Å². The minimum Gasteiger partial charge on any atom is -0.328 e. The first-order valence-corrected chi connectivity index (χ1v) is 7.79. The minimum atomic E-state index is 0.470. The van der Waals surface area contributed by atoms with Crippen LogP contribution >= 0.6 is 11.8 Å². The van der Waals surface area contributed by atoms with Crippen molar-refractivity contribution in [2.75, 3.05) is 5.75 Å². The predicted molar refractivity (Wildman–Crippen MR) is 74.5 cm³/mol. The van der Waals surface area contributed by atoms with E-state index in [9.17, 15) is 0 Å². The molecule has 0 aromatic heterocycles. The van der Waals surface area contributed by atoms with E-state index in [2.05, 4.69) is 24.3 Å². The SMILES string of the molecule is NC1CCCC(CC2CSc3ccccc32)C1. The van der Waals surface area contributed by atoms with Gasteiger partial charge < -0.3 is 5.73 Å². The Bertz CT molecular complexity index is 390. The molecule has 1 fully saturated rings. The van der Waals surface area contributed by atoms with E-state index in [1.165, 1.54) is 42.8 Å². The van der Waals surface area contributed by atoms with E-state index in [1.54, 1.807) is 5.56 Å². The van der Waals surface area contributed by atoms with Crippen LogP contribution < -0.4 is 5.73 Å². The Morgan fingerprint density at radius 2 is 2.12 bits per heavy atom. The molecule has 0 spiro atoms. The second kappa shape index (κ2) is 5.03. The van der Waals surface area contributed by atoms with Crippen LogP contribution in [0.1, 0.15) is 43.6 Å². The molecule has 1 heterocycles. The fraction of sp³-hybridized carbons (Fsp3) is 0.600. The molecule has 2 aliphatic rings. The largest absolute Gasteiger partial charge is 0.328 e. The van der Waals surface area contributed by atoms with E-state index in [0.717, 1.165) is 11.8 Å². The molecule has 2 N–H and O–H groups in total. The lowest BCUT2D eigenvalue weighted by Crippen LogP contribution is -2.28. The summed E-state index contributed by atoms with van der Waals surface area (Å²) in [6, 6.07) is 9.41. The monoisotopic (exact) mass is 247 g/mol. The molecule has 1 saturated carbocycles. The maximum absolute atomic E-state index is 6.09. The van der Waals surface area contributed by atoms with Crippen LogP contribution in [-0.2, 0) is 0 Å². The van der Waals surface area contributed by atoms with Crippen molar-refractivity contribution in [2.24, 2.45) is 11.7 Å². The van der Waals surface area contributed by atoms with Gasteiger partial charge in [-0.3, -0.25) is 0 Å². The smallest absolute Gasteiger partial charge is 0.0107 e. The van der Waals surface area contributed by atoms with Crippen molar-refractivity contribution in [1.82, 2.24) is 0 Å². The summed E-state index contributed by atoms with van der Waals surface area (Å²) < 4.78 is 0. The summed E-state index contributed by atoms with van der Waals surface area (Å²) in [5.41, 5.74) is 7.68. The Hall–Kier alpha value is -0.470. The highest BCUT2D eigenvalue weighted by molar-refractivity contribution is 7.99. The lowest BCUT2D eigenvalue weighted by molar-refractivity contribution is 0.295. The fourth-order valence-electron chi connectivity index (χ4n) is 3.37. The third-order valence-corrected chi connectivity index (χ3v) is 5.49. The van der Waals surface area contributed by atoms with Gasteiger partial charge >= 0.3 is 0 Å². The molecule has 0 bridgehead atoms. The Morgan fingerprint density at radius 1 is 1.24 bits per heavy atom. The van der Waals surface area contributed by atoms with E-state index >= 15 is 0 Å². The van der Waals surface area contributed by atoms with Gasteiger partial charge in [0.1, 0.15) is 0 Å². The van der Waals surface area contributed by atoms with Gasteiger partial charge in [-0.15, -0.1) is 11.8 Å². The van der Waals surface area contributed by atoms with Gasteiger partial charge in [0.2, 0.25) is 0 Å². The Balaban J connectivity index is 1.67. The molecule has 1 nitrogen and oxygen atoms in total. The molecule has 3 unspecified atom stereocenters. The molecule has 0 radical (unpaired) electrons. The number of fused-ring (bicyclic) bond motifs is 1. The molecule has 0 saturated heterocycles. The molecule has 2 heteroatoms. The lowest BCUT2D eigenvalue weighted by atomic mass is 9.79. The Labute approximate surface area is 108 Å². The standard InChI is InChI=1S/C15H21NS/c16-13-5-3-4-11(9-13)8-12-10-17-15-7-2-1-6-14(12)15/h1-2,6-7,11-13H,3-5,8-10,16H2. The van der Waals surface area contributed by atoms with Gasteiger partial charge in [0.05, 0.1) is 0 Å². The van der Waals surface area contributed by atoms with Crippen molar-refractivity contribution < 1.29 is 0 Å². The van der Waals surface area contributed by atoms with Gasteiger partial charge in [0.25, 0.3) is 0 Å². The van der Waals surface area contributed by atoms with Crippen LogP contribution in [-0.4, -0.2) is 11.8 Å². The zero-order chi connectivity index (χ0) is 11.7. The number of rotatable bonds is 2. The summed E-state index contributed by atoms with van der Waals surface area (Å²) in [5, 5.41) is 0. The van der Waals surface area contributed by atoms with E-state index in [-0.39, 0.29) is 0 Å². The summed E-state index contributed by atoms with van der Waals surface area (Å²) in [6.45, 7) is 0. The Morgan fingerprint density at radius 3 is 3.00 bits per heavy atom. The summed E-state index contributed by atoms with van der Waals surface area (Å²) in [5.74, 6) is 2.94. The van der Waals surface area contributed by atoms with Crippen LogP contribution in [0.25, 0.3) is 0 Å². The second-order valence-electron chi connectivity index (χ2n) is 5.57. The molecule has 1 aliphatic heterocycles. The maximum Gasteiger partial charge on any atom is 0.0107 e. The van der Waals surface area contributed by atoms with E-state index in [0.29, 0.717) is 6.04 Å². The number of hydrogen-bond acceptors (Lipinski definition) is 2. The van der Waals surface area contributed by atoms with Crippen LogP contribution in [0.2, 0.25) is 0 Å². The lowest BCUT2D eigenvalue weighted by Gasteiger charge is -2.28. The third kappa shape index (κ3) is 2.53. The molecule has 1 aromatic carbocycles. The zero-order valence-electron chi connectivity index (χ0n) is 10.3. The molecule has 3 atom stereocenters. The van der Waals surface area contributed by atoms with Crippen molar-refractivity contribution in [2.45, 2.75) is 49.0 Å². The number of thioether (sulfide) groups is 1. The maximum atomic E-state index is 6.09. The first-order valence-electron chi connectivity index (χ1n) is 6.80. The molecule has 0 amide bonds. The van der Waals surface area contributed by atoms with Gasteiger partial charge in [0.15, 0.2) is 0 Å². The molecule has 1 aromatic rings. The summed E-state index contributed by atoms with van der Waals surface area (Å²) in [6.07, 6.45) is 6.60. The van der Waals surface area contributed by atoms with Crippen molar-refractivity contribution >= 4 is 11.8 Å².